The first kappa shape index (κ1) is 12.0. The molecule has 1 amide bonds. The molecule has 0 rings (SSSR count). The van der Waals surface area contributed by atoms with Gasteiger partial charge in [0.25, 0.3) is 0 Å². The molecule has 0 atom stereocenters. The van der Waals surface area contributed by atoms with E-state index in [1.807, 2.05) is 13.8 Å². The van der Waals surface area contributed by atoms with Crippen molar-refractivity contribution in [2.24, 2.45) is 5.41 Å². The highest BCUT2D eigenvalue weighted by molar-refractivity contribution is 5.81. The standard InChI is InChI=1S/C10H18N2O/c1-5-6-7-12-8-10(2,3)9(13)11-4/h1,12H,6-8H2,2-4H3,(H,11,13). The third kappa shape index (κ3) is 4.54. The summed E-state index contributed by atoms with van der Waals surface area (Å²) in [5, 5.41) is 5.77. The van der Waals surface area contributed by atoms with Gasteiger partial charge in [0.15, 0.2) is 0 Å². The number of hydrogen-bond donors (Lipinski definition) is 2. The second-order valence-corrected chi connectivity index (χ2v) is 3.59. The summed E-state index contributed by atoms with van der Waals surface area (Å²) in [5.41, 5.74) is -0.372. The molecule has 0 aromatic rings. The second-order valence-electron chi connectivity index (χ2n) is 3.59. The molecule has 13 heavy (non-hydrogen) atoms. The van der Waals surface area contributed by atoms with E-state index in [1.54, 1.807) is 7.05 Å². The van der Waals surface area contributed by atoms with Crippen LogP contribution in [0.2, 0.25) is 0 Å². The zero-order valence-electron chi connectivity index (χ0n) is 8.61. The second kappa shape index (κ2) is 5.60. The minimum atomic E-state index is -0.372. The van der Waals surface area contributed by atoms with Gasteiger partial charge in [0.2, 0.25) is 5.91 Å². The van der Waals surface area contributed by atoms with Crippen LogP contribution in [0.4, 0.5) is 0 Å². The molecule has 0 unspecified atom stereocenters. The van der Waals surface area contributed by atoms with Gasteiger partial charge in [0, 0.05) is 26.6 Å². The van der Waals surface area contributed by atoms with Crippen LogP contribution >= 0.6 is 0 Å². The molecule has 2 N–H and O–H groups in total. The third-order valence-corrected chi connectivity index (χ3v) is 1.85. The number of amides is 1. The molecular weight excluding hydrogens is 164 g/mol. The quantitative estimate of drug-likeness (QED) is 0.476. The molecule has 0 aliphatic rings. The Hall–Kier alpha value is -1.01. The molecule has 0 aromatic carbocycles. The summed E-state index contributed by atoms with van der Waals surface area (Å²) in [7, 11) is 1.64. The Morgan fingerprint density at radius 2 is 2.15 bits per heavy atom. The average molecular weight is 182 g/mol. The molecular formula is C10H18N2O. The Bertz CT molecular complexity index is 203. The van der Waals surface area contributed by atoms with E-state index in [0.717, 1.165) is 6.54 Å². The zero-order chi connectivity index (χ0) is 10.3. The highest BCUT2D eigenvalue weighted by Crippen LogP contribution is 2.12. The number of carbonyl (C=O) groups is 1. The van der Waals surface area contributed by atoms with Crippen LogP contribution in [0.3, 0.4) is 0 Å². The molecule has 0 fully saturated rings. The van der Waals surface area contributed by atoms with Crippen molar-refractivity contribution < 1.29 is 4.79 Å². The molecule has 0 radical (unpaired) electrons. The lowest BCUT2D eigenvalue weighted by atomic mass is 9.92. The van der Waals surface area contributed by atoms with Crippen LogP contribution in [-0.2, 0) is 4.79 Å². The SMILES string of the molecule is C#CCCNCC(C)(C)C(=O)NC. The minimum Gasteiger partial charge on any atom is -0.359 e. The molecule has 0 saturated heterocycles. The molecule has 3 heteroatoms. The van der Waals surface area contributed by atoms with Crippen LogP contribution in [0.15, 0.2) is 0 Å². The van der Waals surface area contributed by atoms with E-state index >= 15 is 0 Å². The maximum Gasteiger partial charge on any atom is 0.226 e. The van der Waals surface area contributed by atoms with Crippen molar-refractivity contribution in [1.29, 1.82) is 0 Å². The monoisotopic (exact) mass is 182 g/mol. The Labute approximate surface area is 80.3 Å². The number of nitrogens with one attached hydrogen (secondary N) is 2. The Balaban J connectivity index is 3.77. The van der Waals surface area contributed by atoms with Gasteiger partial charge < -0.3 is 10.6 Å². The number of carbonyl (C=O) groups excluding carboxylic acids is 1. The molecule has 0 spiro atoms. The first-order valence-corrected chi connectivity index (χ1v) is 4.41. The van der Waals surface area contributed by atoms with Crippen molar-refractivity contribution in [3.63, 3.8) is 0 Å². The smallest absolute Gasteiger partial charge is 0.226 e. The summed E-state index contributed by atoms with van der Waals surface area (Å²) < 4.78 is 0. The van der Waals surface area contributed by atoms with Crippen LogP contribution in [-0.4, -0.2) is 26.0 Å². The Morgan fingerprint density at radius 1 is 1.54 bits per heavy atom. The van der Waals surface area contributed by atoms with Crippen molar-refractivity contribution in [3.05, 3.63) is 0 Å². The average Bonchev–Trinajstić information content (AvgIpc) is 2.11. The first-order valence-electron chi connectivity index (χ1n) is 4.41. The van der Waals surface area contributed by atoms with Gasteiger partial charge in [0.1, 0.15) is 0 Å². The summed E-state index contributed by atoms with van der Waals surface area (Å²) in [6.45, 7) is 5.20. The summed E-state index contributed by atoms with van der Waals surface area (Å²) in [6.07, 6.45) is 5.79. The zero-order valence-corrected chi connectivity index (χ0v) is 8.61. The Kier molecular flexibility index (Phi) is 5.17. The molecule has 74 valence electrons. The van der Waals surface area contributed by atoms with Crippen molar-refractivity contribution in [2.75, 3.05) is 20.1 Å². The third-order valence-electron chi connectivity index (χ3n) is 1.85. The van der Waals surface area contributed by atoms with Gasteiger partial charge in [0.05, 0.1) is 5.41 Å². The van der Waals surface area contributed by atoms with Gasteiger partial charge in [-0.05, 0) is 13.8 Å². The summed E-state index contributed by atoms with van der Waals surface area (Å²) in [5.74, 6) is 2.58. The van der Waals surface area contributed by atoms with E-state index in [2.05, 4.69) is 16.6 Å². The minimum absolute atomic E-state index is 0.0423. The fraction of sp³-hybridized carbons (Fsp3) is 0.700. The van der Waals surface area contributed by atoms with E-state index in [9.17, 15) is 4.79 Å². The van der Waals surface area contributed by atoms with Crippen molar-refractivity contribution in [3.8, 4) is 12.3 Å². The summed E-state index contributed by atoms with van der Waals surface area (Å²) in [4.78, 5) is 11.3. The van der Waals surface area contributed by atoms with E-state index in [1.165, 1.54) is 0 Å². The lowest BCUT2D eigenvalue weighted by Gasteiger charge is -2.22. The highest BCUT2D eigenvalue weighted by Gasteiger charge is 2.25. The van der Waals surface area contributed by atoms with Crippen molar-refractivity contribution in [1.82, 2.24) is 10.6 Å². The normalized spacial score (nSPS) is 10.6. The fourth-order valence-electron chi connectivity index (χ4n) is 0.980. The van der Waals surface area contributed by atoms with E-state index in [0.29, 0.717) is 13.0 Å². The van der Waals surface area contributed by atoms with Crippen molar-refractivity contribution >= 4 is 5.91 Å². The fourth-order valence-corrected chi connectivity index (χ4v) is 0.980. The molecule has 0 saturated carbocycles. The van der Waals surface area contributed by atoms with Gasteiger partial charge in [-0.3, -0.25) is 4.79 Å². The van der Waals surface area contributed by atoms with Gasteiger partial charge in [-0.2, -0.15) is 0 Å². The number of rotatable bonds is 5. The van der Waals surface area contributed by atoms with Crippen LogP contribution < -0.4 is 10.6 Å². The molecule has 3 nitrogen and oxygen atoms in total. The molecule has 0 aliphatic carbocycles. The predicted molar refractivity (Wildman–Crippen MR) is 54.2 cm³/mol. The van der Waals surface area contributed by atoms with Gasteiger partial charge in [-0.25, -0.2) is 0 Å². The number of terminal acetylenes is 1. The lowest BCUT2D eigenvalue weighted by Crippen LogP contribution is -2.42. The van der Waals surface area contributed by atoms with E-state index in [-0.39, 0.29) is 11.3 Å². The van der Waals surface area contributed by atoms with E-state index in [4.69, 9.17) is 6.42 Å². The molecule has 0 aliphatic heterocycles. The summed E-state index contributed by atoms with van der Waals surface area (Å²) in [6, 6.07) is 0. The predicted octanol–water partition coefficient (Wildman–Crippen LogP) is 0.371. The van der Waals surface area contributed by atoms with E-state index < -0.39 is 0 Å². The van der Waals surface area contributed by atoms with Crippen LogP contribution in [0.1, 0.15) is 20.3 Å². The first-order chi connectivity index (χ1) is 6.04. The largest absolute Gasteiger partial charge is 0.359 e. The van der Waals surface area contributed by atoms with Crippen LogP contribution in [0, 0.1) is 17.8 Å². The Morgan fingerprint density at radius 3 is 2.62 bits per heavy atom. The van der Waals surface area contributed by atoms with Gasteiger partial charge in [-0.1, -0.05) is 0 Å². The topological polar surface area (TPSA) is 41.1 Å². The molecule has 0 heterocycles. The van der Waals surface area contributed by atoms with Gasteiger partial charge in [-0.15, -0.1) is 12.3 Å². The van der Waals surface area contributed by atoms with Crippen LogP contribution in [0.25, 0.3) is 0 Å². The lowest BCUT2D eigenvalue weighted by molar-refractivity contribution is -0.128. The molecule has 0 bridgehead atoms. The summed E-state index contributed by atoms with van der Waals surface area (Å²) >= 11 is 0. The number of hydrogen-bond acceptors (Lipinski definition) is 2. The van der Waals surface area contributed by atoms with Gasteiger partial charge >= 0.3 is 0 Å². The maximum atomic E-state index is 11.3. The van der Waals surface area contributed by atoms with Crippen molar-refractivity contribution in [2.45, 2.75) is 20.3 Å². The molecule has 0 aromatic heterocycles. The highest BCUT2D eigenvalue weighted by atomic mass is 16.2. The maximum absolute atomic E-state index is 11.3. The van der Waals surface area contributed by atoms with Crippen LogP contribution in [0.5, 0.6) is 0 Å².